The average molecular weight is 240 g/mol. The van der Waals surface area contributed by atoms with Crippen LogP contribution >= 0.6 is 0 Å². The minimum absolute atomic E-state index is 0.218. The van der Waals surface area contributed by atoms with Crippen LogP contribution in [-0.4, -0.2) is 18.5 Å². The standard InChI is InChI=1S/C12H16O5/c1-5-15-12(14)11(17-9(4)13)10-6-7(2)8(3)16-10/h6,11H,5H2,1-4H3/t11-/m0/s1. The zero-order chi connectivity index (χ0) is 13.0. The Balaban J connectivity index is 2.96. The summed E-state index contributed by atoms with van der Waals surface area (Å²) in [5.41, 5.74) is 0.890. The molecule has 1 atom stereocenters. The van der Waals surface area contributed by atoms with Crippen molar-refractivity contribution in [2.45, 2.75) is 33.8 Å². The van der Waals surface area contributed by atoms with E-state index < -0.39 is 18.0 Å². The fourth-order valence-corrected chi connectivity index (χ4v) is 1.34. The second-order valence-electron chi connectivity index (χ2n) is 3.63. The number of rotatable bonds is 4. The van der Waals surface area contributed by atoms with Gasteiger partial charge < -0.3 is 13.9 Å². The summed E-state index contributed by atoms with van der Waals surface area (Å²) in [7, 11) is 0. The number of ether oxygens (including phenoxy) is 2. The van der Waals surface area contributed by atoms with Crippen molar-refractivity contribution >= 4 is 11.9 Å². The highest BCUT2D eigenvalue weighted by atomic mass is 16.6. The minimum Gasteiger partial charge on any atom is -0.463 e. The first-order chi connectivity index (χ1) is 7.95. The molecule has 0 spiro atoms. The molecule has 94 valence electrons. The summed E-state index contributed by atoms with van der Waals surface area (Å²) in [5, 5.41) is 0. The van der Waals surface area contributed by atoms with Crippen molar-refractivity contribution in [3.63, 3.8) is 0 Å². The highest BCUT2D eigenvalue weighted by molar-refractivity contribution is 5.79. The lowest BCUT2D eigenvalue weighted by molar-refractivity contribution is -0.168. The van der Waals surface area contributed by atoms with E-state index in [1.54, 1.807) is 19.9 Å². The maximum atomic E-state index is 11.6. The van der Waals surface area contributed by atoms with Gasteiger partial charge in [-0.1, -0.05) is 0 Å². The van der Waals surface area contributed by atoms with E-state index >= 15 is 0 Å². The summed E-state index contributed by atoms with van der Waals surface area (Å²) in [6, 6.07) is 1.67. The molecule has 0 fully saturated rings. The van der Waals surface area contributed by atoms with Crippen LogP contribution in [0.3, 0.4) is 0 Å². The molecule has 0 aliphatic carbocycles. The molecule has 1 aromatic heterocycles. The molecule has 1 heterocycles. The molecule has 1 aromatic rings. The van der Waals surface area contributed by atoms with Crippen molar-refractivity contribution in [2.24, 2.45) is 0 Å². The van der Waals surface area contributed by atoms with Gasteiger partial charge in [0.05, 0.1) is 6.61 Å². The van der Waals surface area contributed by atoms with Crippen molar-refractivity contribution < 1.29 is 23.5 Å². The lowest BCUT2D eigenvalue weighted by Crippen LogP contribution is -2.20. The third-order valence-electron chi connectivity index (χ3n) is 2.23. The molecule has 0 bridgehead atoms. The van der Waals surface area contributed by atoms with E-state index in [4.69, 9.17) is 13.9 Å². The van der Waals surface area contributed by atoms with Crippen LogP contribution in [0.15, 0.2) is 10.5 Å². The van der Waals surface area contributed by atoms with E-state index in [2.05, 4.69) is 0 Å². The van der Waals surface area contributed by atoms with Gasteiger partial charge in [0.1, 0.15) is 5.76 Å². The maximum Gasteiger partial charge on any atom is 0.355 e. The quantitative estimate of drug-likeness (QED) is 0.754. The summed E-state index contributed by atoms with van der Waals surface area (Å²) in [6.45, 7) is 6.75. The zero-order valence-corrected chi connectivity index (χ0v) is 10.4. The molecule has 0 amide bonds. The number of aryl methyl sites for hydroxylation is 2. The van der Waals surface area contributed by atoms with Crippen molar-refractivity contribution in [3.8, 4) is 0 Å². The zero-order valence-electron chi connectivity index (χ0n) is 10.4. The molecule has 1 rings (SSSR count). The number of hydrogen-bond donors (Lipinski definition) is 0. The molecule has 17 heavy (non-hydrogen) atoms. The normalized spacial score (nSPS) is 12.0. The molecular weight excluding hydrogens is 224 g/mol. The van der Waals surface area contributed by atoms with Crippen molar-refractivity contribution in [1.29, 1.82) is 0 Å². The van der Waals surface area contributed by atoms with E-state index in [0.29, 0.717) is 5.76 Å². The largest absolute Gasteiger partial charge is 0.463 e. The fourth-order valence-electron chi connectivity index (χ4n) is 1.34. The lowest BCUT2D eigenvalue weighted by atomic mass is 10.2. The number of hydrogen-bond acceptors (Lipinski definition) is 5. The van der Waals surface area contributed by atoms with E-state index in [9.17, 15) is 9.59 Å². The van der Waals surface area contributed by atoms with Crippen LogP contribution in [0.1, 0.15) is 37.0 Å². The predicted octanol–water partition coefficient (Wildman–Crippen LogP) is 2.06. The SMILES string of the molecule is CCOC(=O)[C@@H](OC(C)=O)c1cc(C)c(C)o1. The Morgan fingerprint density at radius 3 is 2.47 bits per heavy atom. The van der Waals surface area contributed by atoms with Crippen LogP contribution < -0.4 is 0 Å². The minimum atomic E-state index is -1.13. The topological polar surface area (TPSA) is 65.7 Å². The molecule has 0 aliphatic rings. The van der Waals surface area contributed by atoms with E-state index in [1.165, 1.54) is 6.92 Å². The van der Waals surface area contributed by atoms with Crippen LogP contribution in [-0.2, 0) is 19.1 Å². The summed E-state index contributed by atoms with van der Waals surface area (Å²) in [4.78, 5) is 22.6. The monoisotopic (exact) mass is 240 g/mol. The van der Waals surface area contributed by atoms with Crippen molar-refractivity contribution in [1.82, 2.24) is 0 Å². The average Bonchev–Trinajstić information content (AvgIpc) is 2.55. The third-order valence-corrected chi connectivity index (χ3v) is 2.23. The number of esters is 2. The molecule has 5 heteroatoms. The van der Waals surface area contributed by atoms with Gasteiger partial charge in [0.2, 0.25) is 0 Å². The third kappa shape index (κ3) is 3.34. The van der Waals surface area contributed by atoms with Crippen LogP contribution in [0.4, 0.5) is 0 Å². The summed E-state index contributed by atoms with van der Waals surface area (Å²) in [6.07, 6.45) is -1.13. The Morgan fingerprint density at radius 1 is 1.41 bits per heavy atom. The highest BCUT2D eigenvalue weighted by Crippen LogP contribution is 2.24. The molecule has 0 aromatic carbocycles. The van der Waals surface area contributed by atoms with Gasteiger partial charge in [0.15, 0.2) is 5.76 Å². The van der Waals surface area contributed by atoms with Gasteiger partial charge in [-0.25, -0.2) is 4.79 Å². The van der Waals surface area contributed by atoms with Gasteiger partial charge in [-0.3, -0.25) is 4.79 Å². The number of carbonyl (C=O) groups excluding carboxylic acids is 2. The molecule has 0 N–H and O–H groups in total. The molecule has 0 radical (unpaired) electrons. The first-order valence-electron chi connectivity index (χ1n) is 5.36. The predicted molar refractivity (Wildman–Crippen MR) is 59.3 cm³/mol. The van der Waals surface area contributed by atoms with Crippen molar-refractivity contribution in [2.75, 3.05) is 6.61 Å². The van der Waals surface area contributed by atoms with Gasteiger partial charge in [-0.15, -0.1) is 0 Å². The number of carbonyl (C=O) groups is 2. The van der Waals surface area contributed by atoms with Crippen LogP contribution in [0.25, 0.3) is 0 Å². The van der Waals surface area contributed by atoms with E-state index in [-0.39, 0.29) is 12.4 Å². The van der Waals surface area contributed by atoms with Gasteiger partial charge in [-0.05, 0) is 32.4 Å². The Hall–Kier alpha value is -1.78. The first kappa shape index (κ1) is 13.3. The summed E-state index contributed by atoms with van der Waals surface area (Å²) >= 11 is 0. The van der Waals surface area contributed by atoms with Gasteiger partial charge in [0, 0.05) is 6.92 Å². The second-order valence-corrected chi connectivity index (χ2v) is 3.63. The van der Waals surface area contributed by atoms with Crippen molar-refractivity contribution in [3.05, 3.63) is 23.2 Å². The Kier molecular flexibility index (Phi) is 4.31. The smallest absolute Gasteiger partial charge is 0.355 e. The second kappa shape index (κ2) is 5.52. The summed E-state index contributed by atoms with van der Waals surface area (Å²) < 4.78 is 15.1. The molecule has 0 unspecified atom stereocenters. The van der Waals surface area contributed by atoms with Gasteiger partial charge in [0.25, 0.3) is 6.10 Å². The maximum absolute atomic E-state index is 11.6. The number of furan rings is 1. The molecule has 5 nitrogen and oxygen atoms in total. The van der Waals surface area contributed by atoms with Crippen LogP contribution in [0, 0.1) is 13.8 Å². The molecule has 0 saturated heterocycles. The molecule has 0 saturated carbocycles. The van der Waals surface area contributed by atoms with E-state index in [0.717, 1.165) is 5.56 Å². The van der Waals surface area contributed by atoms with Gasteiger partial charge >= 0.3 is 11.9 Å². The Morgan fingerprint density at radius 2 is 2.06 bits per heavy atom. The lowest BCUT2D eigenvalue weighted by Gasteiger charge is -2.12. The van der Waals surface area contributed by atoms with Crippen LogP contribution in [0.5, 0.6) is 0 Å². The Labute approximate surface area is 99.7 Å². The van der Waals surface area contributed by atoms with E-state index in [1.807, 2.05) is 6.92 Å². The van der Waals surface area contributed by atoms with Crippen LogP contribution in [0.2, 0.25) is 0 Å². The molecule has 0 aliphatic heterocycles. The fraction of sp³-hybridized carbons (Fsp3) is 0.500. The first-order valence-corrected chi connectivity index (χ1v) is 5.36. The summed E-state index contributed by atoms with van der Waals surface area (Å²) in [5.74, 6) is -0.221. The van der Waals surface area contributed by atoms with Gasteiger partial charge in [-0.2, -0.15) is 0 Å². The highest BCUT2D eigenvalue weighted by Gasteiger charge is 2.29. The Bertz CT molecular complexity index is 399. The molecular formula is C12H16O5.